The first-order chi connectivity index (χ1) is 8.65. The zero-order valence-electron chi connectivity index (χ0n) is 9.96. The molecule has 4 nitrogen and oxygen atoms in total. The highest BCUT2D eigenvalue weighted by molar-refractivity contribution is 5.81. The van der Waals surface area contributed by atoms with Crippen LogP contribution in [-0.4, -0.2) is 16.4 Å². The lowest BCUT2D eigenvalue weighted by molar-refractivity contribution is 0.403. The lowest BCUT2D eigenvalue weighted by Gasteiger charge is -2.01. The number of phenolic OH excluding ortho intramolecular Hbond substituents is 2. The maximum atomic E-state index is 9.31. The molecular weight excluding hydrogens is 228 g/mol. The molecular formula is C14H14N2O2. The van der Waals surface area contributed by atoms with Crippen molar-refractivity contribution in [3.8, 4) is 11.5 Å². The number of hydrogen-bond donors (Lipinski definition) is 3. The van der Waals surface area contributed by atoms with Crippen LogP contribution in [0.3, 0.4) is 0 Å². The fraction of sp³-hybridized carbons (Fsp3) is 0.0714. The minimum absolute atomic E-state index is 0.140. The highest BCUT2D eigenvalue weighted by Crippen LogP contribution is 2.24. The zero-order chi connectivity index (χ0) is 13.0. The van der Waals surface area contributed by atoms with E-state index in [2.05, 4.69) is 10.5 Å². The van der Waals surface area contributed by atoms with E-state index < -0.39 is 0 Å². The van der Waals surface area contributed by atoms with Gasteiger partial charge in [-0.1, -0.05) is 17.7 Å². The largest absolute Gasteiger partial charge is 0.504 e. The van der Waals surface area contributed by atoms with Gasteiger partial charge in [0.15, 0.2) is 11.5 Å². The summed E-state index contributed by atoms with van der Waals surface area (Å²) in [7, 11) is 0. The van der Waals surface area contributed by atoms with Gasteiger partial charge in [0.25, 0.3) is 0 Å². The predicted octanol–water partition coefficient (Wildman–Crippen LogP) is 2.85. The lowest BCUT2D eigenvalue weighted by Crippen LogP contribution is -1.90. The van der Waals surface area contributed by atoms with E-state index in [1.807, 2.05) is 31.2 Å². The van der Waals surface area contributed by atoms with Crippen molar-refractivity contribution in [2.45, 2.75) is 6.92 Å². The third-order valence-corrected chi connectivity index (χ3v) is 2.46. The molecule has 0 aromatic heterocycles. The van der Waals surface area contributed by atoms with Gasteiger partial charge >= 0.3 is 0 Å². The molecule has 0 heterocycles. The number of aromatic hydroxyl groups is 2. The van der Waals surface area contributed by atoms with Crippen molar-refractivity contribution in [1.82, 2.24) is 0 Å². The van der Waals surface area contributed by atoms with Crippen molar-refractivity contribution in [3.63, 3.8) is 0 Å². The van der Waals surface area contributed by atoms with Crippen molar-refractivity contribution < 1.29 is 10.2 Å². The van der Waals surface area contributed by atoms with Crippen molar-refractivity contribution >= 4 is 11.9 Å². The van der Waals surface area contributed by atoms with Crippen LogP contribution in [0.1, 0.15) is 11.1 Å². The molecule has 0 radical (unpaired) electrons. The van der Waals surface area contributed by atoms with Gasteiger partial charge in [-0.15, -0.1) is 0 Å². The zero-order valence-corrected chi connectivity index (χ0v) is 9.96. The van der Waals surface area contributed by atoms with Crippen LogP contribution in [-0.2, 0) is 0 Å². The fourth-order valence-corrected chi connectivity index (χ4v) is 1.43. The molecule has 0 saturated carbocycles. The van der Waals surface area contributed by atoms with Crippen LogP contribution in [0.25, 0.3) is 0 Å². The maximum Gasteiger partial charge on any atom is 0.158 e. The van der Waals surface area contributed by atoms with Gasteiger partial charge in [-0.3, -0.25) is 5.43 Å². The Kier molecular flexibility index (Phi) is 3.48. The highest BCUT2D eigenvalue weighted by Gasteiger charge is 1.98. The molecule has 0 amide bonds. The molecule has 0 aliphatic carbocycles. The first-order valence-corrected chi connectivity index (χ1v) is 5.53. The average Bonchev–Trinajstić information content (AvgIpc) is 2.36. The van der Waals surface area contributed by atoms with Crippen molar-refractivity contribution in [2.75, 3.05) is 5.43 Å². The second-order valence-electron chi connectivity index (χ2n) is 3.98. The SMILES string of the molecule is Cc1ccc(N/N=C/c2ccc(O)c(O)c2)cc1. The van der Waals surface area contributed by atoms with Crippen LogP contribution in [0.15, 0.2) is 47.6 Å². The van der Waals surface area contributed by atoms with E-state index in [0.29, 0.717) is 5.56 Å². The number of hydrogen-bond acceptors (Lipinski definition) is 4. The Balaban J connectivity index is 2.02. The Hall–Kier alpha value is -2.49. The van der Waals surface area contributed by atoms with Crippen LogP contribution in [0, 0.1) is 6.92 Å². The minimum atomic E-state index is -0.158. The molecule has 0 aliphatic rings. The standard InChI is InChI=1S/C14H14N2O2/c1-10-2-5-12(6-3-10)16-15-9-11-4-7-13(17)14(18)8-11/h2-9,16-18H,1H3/b15-9+. The number of rotatable bonds is 3. The van der Waals surface area contributed by atoms with Gasteiger partial charge in [0.1, 0.15) is 0 Å². The monoisotopic (exact) mass is 242 g/mol. The highest BCUT2D eigenvalue weighted by atomic mass is 16.3. The van der Waals surface area contributed by atoms with Crippen LogP contribution >= 0.6 is 0 Å². The first-order valence-electron chi connectivity index (χ1n) is 5.53. The molecule has 0 unspecified atom stereocenters. The van der Waals surface area contributed by atoms with E-state index in [9.17, 15) is 5.11 Å². The number of nitrogens with one attached hydrogen (secondary N) is 1. The van der Waals surface area contributed by atoms with E-state index in [4.69, 9.17) is 5.11 Å². The lowest BCUT2D eigenvalue weighted by atomic mass is 10.2. The van der Waals surface area contributed by atoms with Gasteiger partial charge in [0.2, 0.25) is 0 Å². The molecule has 2 rings (SSSR count). The molecule has 2 aromatic carbocycles. The molecule has 0 atom stereocenters. The number of aryl methyl sites for hydroxylation is 1. The molecule has 2 aromatic rings. The van der Waals surface area contributed by atoms with E-state index in [1.54, 1.807) is 12.3 Å². The first kappa shape index (κ1) is 12.0. The number of anilines is 1. The molecule has 0 spiro atoms. The van der Waals surface area contributed by atoms with Gasteiger partial charge in [-0.25, -0.2) is 0 Å². The van der Waals surface area contributed by atoms with Crippen LogP contribution < -0.4 is 5.43 Å². The van der Waals surface area contributed by atoms with Gasteiger partial charge in [-0.05, 0) is 42.8 Å². The summed E-state index contributed by atoms with van der Waals surface area (Å²) in [5.74, 6) is -0.298. The summed E-state index contributed by atoms with van der Waals surface area (Å²) in [6.45, 7) is 2.02. The summed E-state index contributed by atoms with van der Waals surface area (Å²) in [6.07, 6.45) is 1.57. The molecule has 4 heteroatoms. The van der Waals surface area contributed by atoms with Crippen molar-refractivity contribution in [1.29, 1.82) is 0 Å². The molecule has 0 bridgehead atoms. The van der Waals surface area contributed by atoms with E-state index in [-0.39, 0.29) is 11.5 Å². The summed E-state index contributed by atoms with van der Waals surface area (Å²) in [4.78, 5) is 0. The average molecular weight is 242 g/mol. The molecule has 0 fully saturated rings. The topological polar surface area (TPSA) is 64.9 Å². The van der Waals surface area contributed by atoms with Crippen molar-refractivity contribution in [3.05, 3.63) is 53.6 Å². The Morgan fingerprint density at radius 3 is 2.39 bits per heavy atom. The third-order valence-electron chi connectivity index (χ3n) is 2.46. The van der Waals surface area contributed by atoms with E-state index >= 15 is 0 Å². The summed E-state index contributed by atoms with van der Waals surface area (Å²) in [6, 6.07) is 12.4. The predicted molar refractivity (Wildman–Crippen MR) is 72.2 cm³/mol. The van der Waals surface area contributed by atoms with Crippen molar-refractivity contribution in [2.24, 2.45) is 5.10 Å². The number of hydrazone groups is 1. The van der Waals surface area contributed by atoms with Crippen LogP contribution in [0.4, 0.5) is 5.69 Å². The van der Waals surface area contributed by atoms with Crippen LogP contribution in [0.5, 0.6) is 11.5 Å². The Labute approximate surface area is 105 Å². The van der Waals surface area contributed by atoms with Gasteiger partial charge in [0, 0.05) is 0 Å². The number of nitrogens with zero attached hydrogens (tertiary/aromatic N) is 1. The van der Waals surface area contributed by atoms with Crippen LogP contribution in [0.2, 0.25) is 0 Å². The van der Waals surface area contributed by atoms with E-state index in [0.717, 1.165) is 5.69 Å². The second kappa shape index (κ2) is 5.23. The summed E-state index contributed by atoms with van der Waals surface area (Å²) < 4.78 is 0. The molecule has 92 valence electrons. The fourth-order valence-electron chi connectivity index (χ4n) is 1.43. The molecule has 18 heavy (non-hydrogen) atoms. The smallest absolute Gasteiger partial charge is 0.158 e. The molecule has 0 saturated heterocycles. The summed E-state index contributed by atoms with van der Waals surface area (Å²) in [5, 5.41) is 22.5. The third kappa shape index (κ3) is 3.01. The number of benzene rings is 2. The van der Waals surface area contributed by atoms with Gasteiger partial charge in [-0.2, -0.15) is 5.10 Å². The van der Waals surface area contributed by atoms with Gasteiger partial charge < -0.3 is 10.2 Å². The van der Waals surface area contributed by atoms with E-state index in [1.165, 1.54) is 17.7 Å². The molecule has 3 N–H and O–H groups in total. The minimum Gasteiger partial charge on any atom is -0.504 e. The normalized spacial score (nSPS) is 10.7. The summed E-state index contributed by atoms with van der Waals surface area (Å²) in [5.41, 5.74) is 5.66. The summed E-state index contributed by atoms with van der Waals surface area (Å²) >= 11 is 0. The Morgan fingerprint density at radius 2 is 1.72 bits per heavy atom. The second-order valence-corrected chi connectivity index (χ2v) is 3.98. The quantitative estimate of drug-likeness (QED) is 0.440. The Bertz CT molecular complexity index is 563. The van der Waals surface area contributed by atoms with Gasteiger partial charge in [0.05, 0.1) is 11.9 Å². The Morgan fingerprint density at radius 1 is 1.00 bits per heavy atom. The number of phenols is 2. The maximum absolute atomic E-state index is 9.31. The molecule has 0 aliphatic heterocycles.